The fourth-order valence-electron chi connectivity index (χ4n) is 1.23. The maximum atomic E-state index is 7.27. The molecule has 0 aliphatic heterocycles. The Hall–Kier alpha value is -1.85. The lowest BCUT2D eigenvalue weighted by atomic mass is 10.3. The van der Waals surface area contributed by atoms with E-state index in [4.69, 9.17) is 39.1 Å². The van der Waals surface area contributed by atoms with Gasteiger partial charge in [0.2, 0.25) is 0 Å². The van der Waals surface area contributed by atoms with Crippen LogP contribution in [0.4, 0.5) is 0 Å². The van der Waals surface area contributed by atoms with Crippen molar-refractivity contribution in [2.24, 2.45) is 5.73 Å². The molecule has 0 spiro atoms. The molecular formula is C11H8Cl2N4O. The van der Waals surface area contributed by atoms with Crippen molar-refractivity contribution in [3.8, 4) is 11.8 Å². The Kier molecular flexibility index (Phi) is 3.64. The summed E-state index contributed by atoms with van der Waals surface area (Å²) in [6.07, 6.45) is 1.45. The molecule has 0 unspecified atom stereocenters. The summed E-state index contributed by atoms with van der Waals surface area (Å²) in [5.41, 5.74) is 5.60. The highest BCUT2D eigenvalue weighted by Crippen LogP contribution is 2.26. The van der Waals surface area contributed by atoms with E-state index in [2.05, 4.69) is 9.97 Å². The molecule has 0 aliphatic carbocycles. The van der Waals surface area contributed by atoms with E-state index in [1.54, 1.807) is 18.2 Å². The Morgan fingerprint density at radius 1 is 1.22 bits per heavy atom. The molecule has 1 aromatic carbocycles. The van der Waals surface area contributed by atoms with Gasteiger partial charge in [-0.15, -0.1) is 0 Å². The number of hydrogen-bond acceptors (Lipinski definition) is 4. The molecule has 0 saturated carbocycles. The summed E-state index contributed by atoms with van der Waals surface area (Å²) in [6, 6.07) is 6.33. The standard InChI is InChI=1S/C11H8Cl2N4O/c12-6-3-7(13)5-8(4-6)18-11-16-2-1-9(17-11)10(14)15/h1-5H,(H3,14,15). The van der Waals surface area contributed by atoms with Crippen molar-refractivity contribution in [3.05, 3.63) is 46.2 Å². The van der Waals surface area contributed by atoms with Crippen molar-refractivity contribution in [2.75, 3.05) is 0 Å². The number of amidine groups is 1. The van der Waals surface area contributed by atoms with Gasteiger partial charge in [0.15, 0.2) is 0 Å². The molecule has 0 atom stereocenters. The number of halogens is 2. The molecule has 7 heteroatoms. The summed E-state index contributed by atoms with van der Waals surface area (Å²) in [5.74, 6) is 0.250. The van der Waals surface area contributed by atoms with Crippen LogP contribution < -0.4 is 10.5 Å². The number of benzene rings is 1. The molecule has 0 saturated heterocycles. The second-order valence-corrected chi connectivity index (χ2v) is 4.22. The minimum absolute atomic E-state index is 0.0704. The third kappa shape index (κ3) is 3.09. The molecule has 0 aliphatic rings. The highest BCUT2D eigenvalue weighted by Gasteiger charge is 2.05. The van der Waals surface area contributed by atoms with Crippen molar-refractivity contribution >= 4 is 29.0 Å². The number of nitrogens with one attached hydrogen (secondary N) is 1. The number of nitrogens with zero attached hydrogens (tertiary/aromatic N) is 2. The van der Waals surface area contributed by atoms with Crippen LogP contribution in [-0.2, 0) is 0 Å². The Bertz CT molecular complexity index is 583. The van der Waals surface area contributed by atoms with E-state index in [0.29, 0.717) is 15.8 Å². The van der Waals surface area contributed by atoms with Crippen molar-refractivity contribution in [2.45, 2.75) is 0 Å². The van der Waals surface area contributed by atoms with Crippen LogP contribution in [0.1, 0.15) is 5.69 Å². The van der Waals surface area contributed by atoms with Crippen LogP contribution in [0, 0.1) is 5.41 Å². The minimum atomic E-state index is -0.161. The summed E-state index contributed by atoms with van der Waals surface area (Å²) >= 11 is 11.7. The van der Waals surface area contributed by atoms with Gasteiger partial charge in [-0.3, -0.25) is 5.41 Å². The predicted octanol–water partition coefficient (Wildman–Crippen LogP) is 2.86. The number of rotatable bonds is 3. The van der Waals surface area contributed by atoms with Crippen LogP contribution in [0.5, 0.6) is 11.8 Å². The molecule has 5 nitrogen and oxygen atoms in total. The smallest absolute Gasteiger partial charge is 0.322 e. The van der Waals surface area contributed by atoms with Crippen molar-refractivity contribution in [3.63, 3.8) is 0 Å². The van der Waals surface area contributed by atoms with Gasteiger partial charge in [0.1, 0.15) is 17.3 Å². The first-order chi connectivity index (χ1) is 8.54. The van der Waals surface area contributed by atoms with Gasteiger partial charge in [0.05, 0.1) is 0 Å². The van der Waals surface area contributed by atoms with Gasteiger partial charge in [-0.25, -0.2) is 4.98 Å². The van der Waals surface area contributed by atoms with Gasteiger partial charge in [0, 0.05) is 16.2 Å². The topological polar surface area (TPSA) is 84.9 Å². The number of ether oxygens (including phenoxy) is 1. The largest absolute Gasteiger partial charge is 0.424 e. The van der Waals surface area contributed by atoms with E-state index < -0.39 is 0 Å². The van der Waals surface area contributed by atoms with E-state index in [1.165, 1.54) is 12.3 Å². The van der Waals surface area contributed by atoms with Gasteiger partial charge in [0.25, 0.3) is 0 Å². The third-order valence-corrected chi connectivity index (χ3v) is 2.39. The Morgan fingerprint density at radius 2 is 1.89 bits per heavy atom. The fourth-order valence-corrected chi connectivity index (χ4v) is 1.74. The Labute approximate surface area is 113 Å². The predicted molar refractivity (Wildman–Crippen MR) is 69.6 cm³/mol. The summed E-state index contributed by atoms with van der Waals surface area (Å²) < 4.78 is 5.39. The molecule has 0 bridgehead atoms. The molecule has 0 amide bonds. The lowest BCUT2D eigenvalue weighted by Gasteiger charge is -2.05. The van der Waals surface area contributed by atoms with Crippen LogP contribution in [0.15, 0.2) is 30.5 Å². The van der Waals surface area contributed by atoms with Crippen LogP contribution in [0.2, 0.25) is 10.0 Å². The third-order valence-electron chi connectivity index (χ3n) is 1.95. The zero-order valence-electron chi connectivity index (χ0n) is 9.02. The maximum Gasteiger partial charge on any atom is 0.322 e. The minimum Gasteiger partial charge on any atom is -0.424 e. The SMILES string of the molecule is N=C(N)c1ccnc(Oc2cc(Cl)cc(Cl)c2)n1. The molecule has 1 heterocycles. The zero-order valence-corrected chi connectivity index (χ0v) is 10.5. The summed E-state index contributed by atoms with van der Waals surface area (Å²) in [7, 11) is 0. The number of nitrogen functional groups attached to an aromatic ring is 1. The van der Waals surface area contributed by atoms with Crippen molar-refractivity contribution in [1.29, 1.82) is 5.41 Å². The van der Waals surface area contributed by atoms with Crippen LogP contribution in [0.25, 0.3) is 0 Å². The van der Waals surface area contributed by atoms with Crippen LogP contribution >= 0.6 is 23.2 Å². The first-order valence-corrected chi connectivity index (χ1v) is 5.61. The van der Waals surface area contributed by atoms with Gasteiger partial charge < -0.3 is 10.5 Å². The van der Waals surface area contributed by atoms with Gasteiger partial charge >= 0.3 is 6.01 Å². The number of hydrogen-bond donors (Lipinski definition) is 2. The van der Waals surface area contributed by atoms with Crippen molar-refractivity contribution in [1.82, 2.24) is 9.97 Å². The quantitative estimate of drug-likeness (QED) is 0.670. The first kappa shape index (κ1) is 12.6. The number of aromatic nitrogens is 2. The fraction of sp³-hybridized carbons (Fsp3) is 0. The van der Waals surface area contributed by atoms with Gasteiger partial charge in [-0.2, -0.15) is 4.98 Å². The average Bonchev–Trinajstić information content (AvgIpc) is 2.27. The lowest BCUT2D eigenvalue weighted by Crippen LogP contribution is -2.13. The Balaban J connectivity index is 2.28. The van der Waals surface area contributed by atoms with Crippen LogP contribution in [0.3, 0.4) is 0 Å². The highest BCUT2D eigenvalue weighted by molar-refractivity contribution is 6.34. The van der Waals surface area contributed by atoms with E-state index in [-0.39, 0.29) is 17.5 Å². The average molecular weight is 283 g/mol. The van der Waals surface area contributed by atoms with Crippen molar-refractivity contribution < 1.29 is 4.74 Å². The molecule has 3 N–H and O–H groups in total. The second-order valence-electron chi connectivity index (χ2n) is 3.35. The highest BCUT2D eigenvalue weighted by atomic mass is 35.5. The van der Waals surface area contributed by atoms with E-state index in [0.717, 1.165) is 0 Å². The number of nitrogens with two attached hydrogens (primary N) is 1. The Morgan fingerprint density at radius 3 is 2.50 bits per heavy atom. The van der Waals surface area contributed by atoms with Crippen LogP contribution in [-0.4, -0.2) is 15.8 Å². The summed E-state index contributed by atoms with van der Waals surface area (Å²) in [6.45, 7) is 0. The van der Waals surface area contributed by atoms with E-state index >= 15 is 0 Å². The second kappa shape index (κ2) is 5.20. The molecule has 92 valence electrons. The zero-order chi connectivity index (χ0) is 13.1. The normalized spacial score (nSPS) is 10.1. The first-order valence-electron chi connectivity index (χ1n) is 4.86. The summed E-state index contributed by atoms with van der Waals surface area (Å²) in [4.78, 5) is 7.86. The summed E-state index contributed by atoms with van der Waals surface area (Å²) in [5, 5.41) is 8.16. The molecule has 2 rings (SSSR count). The lowest BCUT2D eigenvalue weighted by molar-refractivity contribution is 0.441. The van der Waals surface area contributed by atoms with E-state index in [9.17, 15) is 0 Å². The molecule has 2 aromatic rings. The molecule has 0 fully saturated rings. The van der Waals surface area contributed by atoms with E-state index in [1.807, 2.05) is 0 Å². The molecule has 0 radical (unpaired) electrons. The molecule has 1 aromatic heterocycles. The van der Waals surface area contributed by atoms with Gasteiger partial charge in [-0.05, 0) is 24.3 Å². The molecule has 18 heavy (non-hydrogen) atoms. The van der Waals surface area contributed by atoms with Gasteiger partial charge in [-0.1, -0.05) is 23.2 Å². The monoisotopic (exact) mass is 282 g/mol. The maximum absolute atomic E-state index is 7.27. The molecular weight excluding hydrogens is 275 g/mol.